The Morgan fingerprint density at radius 1 is 0.719 bits per heavy atom. The molecule has 0 bridgehead atoms. The summed E-state index contributed by atoms with van der Waals surface area (Å²) in [5.41, 5.74) is 1.10. The first-order valence-electron chi connectivity index (χ1n) is 10.1. The van der Waals surface area contributed by atoms with Crippen molar-refractivity contribution in [1.82, 2.24) is 0 Å². The molecule has 0 amide bonds. The lowest BCUT2D eigenvalue weighted by molar-refractivity contribution is 0.317. The minimum atomic E-state index is -0.945. The van der Waals surface area contributed by atoms with Gasteiger partial charge in [-0.2, -0.15) is 0 Å². The van der Waals surface area contributed by atoms with E-state index in [4.69, 9.17) is 4.74 Å². The fourth-order valence-corrected chi connectivity index (χ4v) is 3.30. The molecule has 0 aliphatic carbocycles. The molecule has 4 aromatic rings. The molecule has 0 radical (unpaired) electrons. The minimum Gasteiger partial charge on any atom is -0.494 e. The molecule has 4 rings (SSSR count). The van der Waals surface area contributed by atoms with Crippen molar-refractivity contribution in [3.63, 3.8) is 0 Å². The average molecular weight is 434 g/mol. The molecule has 0 saturated heterocycles. The van der Waals surface area contributed by atoms with E-state index in [1.165, 1.54) is 36.4 Å². The number of rotatable bonds is 4. The largest absolute Gasteiger partial charge is 0.494 e. The Kier molecular flexibility index (Phi) is 6.13. The molecule has 0 spiro atoms. The van der Waals surface area contributed by atoms with Crippen LogP contribution >= 0.6 is 0 Å². The molecule has 0 aromatic heterocycles. The van der Waals surface area contributed by atoms with Crippen LogP contribution in [0.4, 0.5) is 17.6 Å². The topological polar surface area (TPSA) is 9.23 Å². The number of fused-ring (bicyclic) bond motifs is 1. The summed E-state index contributed by atoms with van der Waals surface area (Å²) in [4.78, 5) is 0. The Labute approximate surface area is 183 Å². The number of hydrogen-bond donors (Lipinski definition) is 0. The third kappa shape index (κ3) is 4.45. The Hall–Kier alpha value is -3.78. The molecule has 0 unspecified atom stereocenters. The standard InChI is InChI=1S/C27H18F4O/c1-2-13-32-21-8-5-18(6-9-21)20-15-25(29)23(26(30)16-20)11-4-17-3-10-22-19(14-17)7-12-24(28)27(22)31/h3,5-10,12,14-16H,2,13H2,1H3. The van der Waals surface area contributed by atoms with Crippen molar-refractivity contribution < 1.29 is 22.3 Å². The lowest BCUT2D eigenvalue weighted by Gasteiger charge is -2.07. The van der Waals surface area contributed by atoms with Crippen LogP contribution in [0.15, 0.2) is 66.7 Å². The van der Waals surface area contributed by atoms with Gasteiger partial charge in [-0.15, -0.1) is 0 Å². The van der Waals surface area contributed by atoms with E-state index in [9.17, 15) is 17.6 Å². The first kappa shape index (κ1) is 21.5. The summed E-state index contributed by atoms with van der Waals surface area (Å²) in [7, 11) is 0. The molecule has 0 saturated carbocycles. The van der Waals surface area contributed by atoms with Gasteiger partial charge in [-0.1, -0.05) is 43.0 Å². The lowest BCUT2D eigenvalue weighted by Crippen LogP contribution is -1.95. The maximum Gasteiger partial charge on any atom is 0.166 e. The van der Waals surface area contributed by atoms with E-state index in [0.717, 1.165) is 12.5 Å². The maximum absolute atomic E-state index is 14.6. The summed E-state index contributed by atoms with van der Waals surface area (Å²) in [6.45, 7) is 2.60. The SMILES string of the molecule is CCCOc1ccc(-c2cc(F)c(C#Cc3ccc4c(F)c(F)ccc4c3)c(F)c2)cc1. The van der Waals surface area contributed by atoms with Crippen LogP contribution < -0.4 is 4.74 Å². The predicted octanol–water partition coefficient (Wildman–Crippen LogP) is 7.25. The molecule has 5 heteroatoms. The van der Waals surface area contributed by atoms with Gasteiger partial charge >= 0.3 is 0 Å². The van der Waals surface area contributed by atoms with Crippen molar-refractivity contribution in [2.45, 2.75) is 13.3 Å². The Balaban J connectivity index is 1.62. The second-order valence-corrected chi connectivity index (χ2v) is 7.24. The minimum absolute atomic E-state index is 0.114. The van der Waals surface area contributed by atoms with Crippen LogP contribution in [0.1, 0.15) is 24.5 Å². The molecule has 0 N–H and O–H groups in total. The van der Waals surface area contributed by atoms with Gasteiger partial charge in [0.2, 0.25) is 0 Å². The van der Waals surface area contributed by atoms with E-state index in [2.05, 4.69) is 11.8 Å². The van der Waals surface area contributed by atoms with Crippen molar-refractivity contribution in [2.75, 3.05) is 6.61 Å². The van der Waals surface area contributed by atoms with Gasteiger partial charge in [-0.3, -0.25) is 0 Å². The monoisotopic (exact) mass is 434 g/mol. The van der Waals surface area contributed by atoms with Gasteiger partial charge in [-0.25, -0.2) is 17.6 Å². The summed E-state index contributed by atoms with van der Waals surface area (Å²) >= 11 is 0. The first-order chi connectivity index (χ1) is 15.5. The van der Waals surface area contributed by atoms with Gasteiger partial charge in [0.15, 0.2) is 11.6 Å². The van der Waals surface area contributed by atoms with Gasteiger partial charge in [0, 0.05) is 10.9 Å². The maximum atomic E-state index is 14.6. The number of ether oxygens (including phenoxy) is 1. The van der Waals surface area contributed by atoms with E-state index in [1.54, 1.807) is 24.3 Å². The zero-order valence-corrected chi connectivity index (χ0v) is 17.2. The highest BCUT2D eigenvalue weighted by Crippen LogP contribution is 2.26. The van der Waals surface area contributed by atoms with Crippen LogP contribution in [0, 0.1) is 35.1 Å². The molecule has 0 aliphatic heterocycles. The zero-order chi connectivity index (χ0) is 22.7. The van der Waals surface area contributed by atoms with E-state index >= 15 is 0 Å². The number of hydrogen-bond acceptors (Lipinski definition) is 1. The van der Waals surface area contributed by atoms with Crippen LogP contribution in [0.5, 0.6) is 5.75 Å². The second kappa shape index (κ2) is 9.15. The molecule has 160 valence electrons. The summed E-state index contributed by atoms with van der Waals surface area (Å²) in [6, 6.07) is 16.3. The summed E-state index contributed by atoms with van der Waals surface area (Å²) in [5, 5.41) is 0.557. The van der Waals surface area contributed by atoms with Crippen molar-refractivity contribution in [3.05, 3.63) is 101 Å². The van der Waals surface area contributed by atoms with E-state index in [-0.39, 0.29) is 10.9 Å². The first-order valence-corrected chi connectivity index (χ1v) is 10.1. The van der Waals surface area contributed by atoms with Crippen molar-refractivity contribution in [2.24, 2.45) is 0 Å². The molecule has 4 aromatic carbocycles. The lowest BCUT2D eigenvalue weighted by atomic mass is 10.0. The van der Waals surface area contributed by atoms with E-state index in [1.807, 2.05) is 6.92 Å². The summed E-state index contributed by atoms with van der Waals surface area (Å²) in [5.74, 6) is 2.44. The fourth-order valence-electron chi connectivity index (χ4n) is 3.30. The summed E-state index contributed by atoms with van der Waals surface area (Å²) in [6.07, 6.45) is 0.884. The van der Waals surface area contributed by atoms with Crippen LogP contribution in [0.2, 0.25) is 0 Å². The molecule has 0 aliphatic rings. The van der Waals surface area contributed by atoms with E-state index in [0.29, 0.717) is 34.4 Å². The fraction of sp³-hybridized carbons (Fsp3) is 0.111. The number of benzene rings is 4. The molecule has 0 heterocycles. The van der Waals surface area contributed by atoms with E-state index < -0.39 is 23.3 Å². The van der Waals surface area contributed by atoms with Crippen molar-refractivity contribution in [3.8, 4) is 28.7 Å². The Morgan fingerprint density at radius 2 is 1.44 bits per heavy atom. The molecule has 32 heavy (non-hydrogen) atoms. The third-order valence-electron chi connectivity index (χ3n) is 4.94. The van der Waals surface area contributed by atoms with Crippen LogP contribution in [0.3, 0.4) is 0 Å². The zero-order valence-electron chi connectivity index (χ0n) is 17.2. The van der Waals surface area contributed by atoms with Crippen LogP contribution in [-0.2, 0) is 0 Å². The third-order valence-corrected chi connectivity index (χ3v) is 4.94. The highest BCUT2D eigenvalue weighted by atomic mass is 19.2. The van der Waals surface area contributed by atoms with Gasteiger partial charge in [-0.05, 0) is 65.4 Å². The molecule has 0 fully saturated rings. The van der Waals surface area contributed by atoms with Gasteiger partial charge in [0.25, 0.3) is 0 Å². The average Bonchev–Trinajstić information content (AvgIpc) is 2.80. The smallest absolute Gasteiger partial charge is 0.166 e. The number of halogens is 4. The Bertz CT molecular complexity index is 1330. The van der Waals surface area contributed by atoms with Gasteiger partial charge in [0.1, 0.15) is 17.4 Å². The predicted molar refractivity (Wildman–Crippen MR) is 117 cm³/mol. The molecule has 1 nitrogen and oxygen atoms in total. The van der Waals surface area contributed by atoms with Crippen molar-refractivity contribution >= 4 is 10.8 Å². The second-order valence-electron chi connectivity index (χ2n) is 7.24. The molecule has 0 atom stereocenters. The van der Waals surface area contributed by atoms with Gasteiger partial charge < -0.3 is 4.74 Å². The van der Waals surface area contributed by atoms with Crippen molar-refractivity contribution in [1.29, 1.82) is 0 Å². The highest BCUT2D eigenvalue weighted by Gasteiger charge is 2.11. The van der Waals surface area contributed by atoms with Crippen LogP contribution in [0.25, 0.3) is 21.9 Å². The molecular weight excluding hydrogens is 416 g/mol. The highest BCUT2D eigenvalue weighted by molar-refractivity contribution is 5.84. The van der Waals surface area contributed by atoms with Crippen LogP contribution in [-0.4, -0.2) is 6.61 Å². The van der Waals surface area contributed by atoms with Gasteiger partial charge in [0.05, 0.1) is 12.2 Å². The Morgan fingerprint density at radius 3 is 2.12 bits per heavy atom. The normalized spacial score (nSPS) is 10.7. The summed E-state index contributed by atoms with van der Waals surface area (Å²) < 4.78 is 62.0. The quantitative estimate of drug-likeness (QED) is 0.243. The molecular formula is C27H18F4O.